The molecular formula is C13H7ClF2N2O. The molecule has 0 aliphatic heterocycles. The number of benzene rings is 1. The number of halogens is 3. The van der Waals surface area contributed by atoms with Crippen molar-refractivity contribution < 1.29 is 13.5 Å². The Labute approximate surface area is 113 Å². The van der Waals surface area contributed by atoms with Gasteiger partial charge in [-0.15, -0.1) is 0 Å². The summed E-state index contributed by atoms with van der Waals surface area (Å²) in [7, 11) is 0. The second-order valence-corrected chi connectivity index (χ2v) is 4.01. The zero-order valence-electron chi connectivity index (χ0n) is 9.53. The monoisotopic (exact) mass is 280 g/mol. The number of nitrogens with zero attached hydrogens (tertiary/aromatic N) is 2. The van der Waals surface area contributed by atoms with E-state index in [1.165, 1.54) is 18.2 Å². The van der Waals surface area contributed by atoms with Crippen molar-refractivity contribution in [2.45, 2.75) is 6.61 Å². The fraction of sp³-hybridized carbons (Fsp3) is 0.0769. The number of pyridine rings is 1. The third-order valence-electron chi connectivity index (χ3n) is 2.33. The molecule has 0 aliphatic rings. The molecule has 0 fully saturated rings. The Morgan fingerprint density at radius 1 is 1.21 bits per heavy atom. The summed E-state index contributed by atoms with van der Waals surface area (Å²) in [6, 6.07) is 8.14. The van der Waals surface area contributed by atoms with Crippen LogP contribution < -0.4 is 4.74 Å². The second-order valence-electron chi connectivity index (χ2n) is 3.63. The molecule has 19 heavy (non-hydrogen) atoms. The summed E-state index contributed by atoms with van der Waals surface area (Å²) in [6.45, 7) is -0.207. The summed E-state index contributed by atoms with van der Waals surface area (Å²) in [4.78, 5) is 3.64. The summed E-state index contributed by atoms with van der Waals surface area (Å²) in [6.07, 6.45) is 0. The summed E-state index contributed by atoms with van der Waals surface area (Å²) in [5.74, 6) is -1.57. The summed E-state index contributed by atoms with van der Waals surface area (Å²) < 4.78 is 31.9. The van der Waals surface area contributed by atoms with Crippen molar-refractivity contribution in [3.05, 3.63) is 58.2 Å². The highest BCUT2D eigenvalue weighted by Gasteiger charge is 2.09. The normalized spacial score (nSPS) is 10.0. The van der Waals surface area contributed by atoms with E-state index in [4.69, 9.17) is 21.6 Å². The van der Waals surface area contributed by atoms with Gasteiger partial charge in [-0.05, 0) is 24.3 Å². The van der Waals surface area contributed by atoms with Gasteiger partial charge in [0.25, 0.3) is 5.88 Å². The van der Waals surface area contributed by atoms with E-state index in [1.54, 1.807) is 0 Å². The topological polar surface area (TPSA) is 45.9 Å². The quantitative estimate of drug-likeness (QED) is 0.809. The zero-order valence-corrected chi connectivity index (χ0v) is 10.3. The van der Waals surface area contributed by atoms with E-state index in [9.17, 15) is 8.78 Å². The molecule has 0 atom stereocenters. The molecule has 2 aromatic rings. The lowest BCUT2D eigenvalue weighted by molar-refractivity contribution is 0.272. The molecule has 6 heteroatoms. The Morgan fingerprint density at radius 2 is 2.00 bits per heavy atom. The van der Waals surface area contributed by atoms with E-state index in [1.807, 2.05) is 6.07 Å². The molecule has 96 valence electrons. The minimum atomic E-state index is -0.682. The standard InChI is InChI=1S/C13H7ClF2N2O/c14-12-4-3-10(15)13(18-12)19-7-9-2-1-8(6-17)5-11(9)16/h1-5H,7H2. The molecule has 0 bridgehead atoms. The number of hydrogen-bond donors (Lipinski definition) is 0. The molecule has 0 spiro atoms. The molecule has 0 unspecified atom stereocenters. The molecule has 1 aromatic carbocycles. The highest BCUT2D eigenvalue weighted by molar-refractivity contribution is 6.29. The Balaban J connectivity index is 2.15. The lowest BCUT2D eigenvalue weighted by atomic mass is 10.1. The van der Waals surface area contributed by atoms with Crippen LogP contribution in [0.1, 0.15) is 11.1 Å². The molecule has 2 rings (SSSR count). The third kappa shape index (κ3) is 3.18. The van der Waals surface area contributed by atoms with Gasteiger partial charge in [0.1, 0.15) is 17.6 Å². The van der Waals surface area contributed by atoms with Crippen molar-refractivity contribution in [1.82, 2.24) is 4.98 Å². The predicted molar refractivity (Wildman–Crippen MR) is 64.7 cm³/mol. The van der Waals surface area contributed by atoms with Crippen LogP contribution in [-0.2, 0) is 6.61 Å². The van der Waals surface area contributed by atoms with Gasteiger partial charge in [0, 0.05) is 5.56 Å². The fourth-order valence-electron chi connectivity index (χ4n) is 1.38. The zero-order chi connectivity index (χ0) is 13.8. The van der Waals surface area contributed by atoms with E-state index in [-0.39, 0.29) is 28.8 Å². The lowest BCUT2D eigenvalue weighted by Gasteiger charge is -2.07. The third-order valence-corrected chi connectivity index (χ3v) is 2.54. The van der Waals surface area contributed by atoms with Crippen molar-refractivity contribution in [2.75, 3.05) is 0 Å². The van der Waals surface area contributed by atoms with Crippen LogP contribution >= 0.6 is 11.6 Å². The Kier molecular flexibility index (Phi) is 3.93. The minimum absolute atomic E-state index is 0.0803. The maximum atomic E-state index is 13.5. The van der Waals surface area contributed by atoms with E-state index >= 15 is 0 Å². The van der Waals surface area contributed by atoms with Gasteiger partial charge >= 0.3 is 0 Å². The number of hydrogen-bond acceptors (Lipinski definition) is 3. The van der Waals surface area contributed by atoms with Crippen molar-refractivity contribution >= 4 is 11.6 Å². The van der Waals surface area contributed by atoms with Crippen LogP contribution in [-0.4, -0.2) is 4.98 Å². The van der Waals surface area contributed by atoms with Crippen LogP contribution in [0.5, 0.6) is 5.88 Å². The predicted octanol–water partition coefficient (Wildman–Crippen LogP) is 3.46. The van der Waals surface area contributed by atoms with Gasteiger partial charge in [0.15, 0.2) is 5.82 Å². The van der Waals surface area contributed by atoms with Crippen molar-refractivity contribution in [1.29, 1.82) is 5.26 Å². The average molecular weight is 281 g/mol. The van der Waals surface area contributed by atoms with Crippen LogP contribution in [0.3, 0.4) is 0 Å². The molecule has 0 amide bonds. The van der Waals surface area contributed by atoms with Gasteiger partial charge in [-0.25, -0.2) is 8.78 Å². The fourth-order valence-corrected chi connectivity index (χ4v) is 1.52. The first-order valence-electron chi connectivity index (χ1n) is 5.23. The summed E-state index contributed by atoms with van der Waals surface area (Å²) in [5, 5.41) is 8.69. The second kappa shape index (κ2) is 5.63. The maximum absolute atomic E-state index is 13.5. The molecule has 0 saturated heterocycles. The SMILES string of the molecule is N#Cc1ccc(COc2nc(Cl)ccc2F)c(F)c1. The molecule has 0 N–H and O–H groups in total. The summed E-state index contributed by atoms with van der Waals surface area (Å²) in [5.41, 5.74) is 0.397. The molecule has 3 nitrogen and oxygen atoms in total. The van der Waals surface area contributed by atoms with E-state index in [2.05, 4.69) is 4.98 Å². The van der Waals surface area contributed by atoms with Crippen LogP contribution in [0, 0.1) is 23.0 Å². The first-order chi connectivity index (χ1) is 9.10. The number of ether oxygens (including phenoxy) is 1. The Hall–Kier alpha value is -2.19. The average Bonchev–Trinajstić information content (AvgIpc) is 2.40. The van der Waals surface area contributed by atoms with E-state index in [0.29, 0.717) is 0 Å². The largest absolute Gasteiger partial charge is 0.471 e. The molecule has 0 saturated carbocycles. The molecular weight excluding hydrogens is 274 g/mol. The maximum Gasteiger partial charge on any atom is 0.252 e. The van der Waals surface area contributed by atoms with Crippen molar-refractivity contribution in [3.63, 3.8) is 0 Å². The number of nitriles is 1. The molecule has 1 aromatic heterocycles. The Morgan fingerprint density at radius 3 is 2.68 bits per heavy atom. The van der Waals surface area contributed by atoms with Gasteiger partial charge in [-0.2, -0.15) is 10.2 Å². The first kappa shape index (κ1) is 13.2. The highest BCUT2D eigenvalue weighted by atomic mass is 35.5. The van der Waals surface area contributed by atoms with Gasteiger partial charge < -0.3 is 4.74 Å². The van der Waals surface area contributed by atoms with E-state index < -0.39 is 11.6 Å². The smallest absolute Gasteiger partial charge is 0.252 e. The highest BCUT2D eigenvalue weighted by Crippen LogP contribution is 2.19. The molecule has 1 heterocycles. The van der Waals surface area contributed by atoms with Crippen molar-refractivity contribution in [2.24, 2.45) is 0 Å². The summed E-state index contributed by atoms with van der Waals surface area (Å²) >= 11 is 5.60. The Bertz CT molecular complexity index is 656. The van der Waals surface area contributed by atoms with Crippen LogP contribution in [0.2, 0.25) is 5.15 Å². The van der Waals surface area contributed by atoms with Crippen molar-refractivity contribution in [3.8, 4) is 11.9 Å². The van der Waals surface area contributed by atoms with Gasteiger partial charge in [0.2, 0.25) is 0 Å². The van der Waals surface area contributed by atoms with Crippen LogP contribution in [0.25, 0.3) is 0 Å². The molecule has 0 aliphatic carbocycles. The minimum Gasteiger partial charge on any atom is -0.471 e. The lowest BCUT2D eigenvalue weighted by Crippen LogP contribution is -2.02. The van der Waals surface area contributed by atoms with Gasteiger partial charge in [-0.1, -0.05) is 17.7 Å². The van der Waals surface area contributed by atoms with Crippen LogP contribution in [0.15, 0.2) is 30.3 Å². The van der Waals surface area contributed by atoms with Crippen LogP contribution in [0.4, 0.5) is 8.78 Å². The van der Waals surface area contributed by atoms with Gasteiger partial charge in [-0.3, -0.25) is 0 Å². The number of aromatic nitrogens is 1. The van der Waals surface area contributed by atoms with Gasteiger partial charge in [0.05, 0.1) is 11.6 Å². The first-order valence-corrected chi connectivity index (χ1v) is 5.61. The molecule has 0 radical (unpaired) electrons. The number of rotatable bonds is 3. The van der Waals surface area contributed by atoms with E-state index in [0.717, 1.165) is 12.1 Å².